The van der Waals surface area contributed by atoms with Crippen LogP contribution in [0.3, 0.4) is 0 Å². The molecule has 3 aromatic heterocycles. The van der Waals surface area contributed by atoms with E-state index in [-0.39, 0.29) is 12.7 Å². The summed E-state index contributed by atoms with van der Waals surface area (Å²) >= 11 is 0. The van der Waals surface area contributed by atoms with Crippen LogP contribution >= 0.6 is 0 Å². The summed E-state index contributed by atoms with van der Waals surface area (Å²) in [4.78, 5) is 12.9. The fourth-order valence-corrected chi connectivity index (χ4v) is 2.63. The van der Waals surface area contributed by atoms with Crippen LogP contribution < -0.4 is 0 Å². The molecule has 0 saturated carbocycles. The van der Waals surface area contributed by atoms with Crippen LogP contribution in [0.1, 0.15) is 12.6 Å². The fourth-order valence-electron chi connectivity index (χ4n) is 2.63. The van der Waals surface area contributed by atoms with Gasteiger partial charge in [-0.3, -0.25) is 8.97 Å². The number of imidazole rings is 2. The van der Waals surface area contributed by atoms with Crippen molar-refractivity contribution in [2.24, 2.45) is 0 Å². The summed E-state index contributed by atoms with van der Waals surface area (Å²) in [7, 11) is 0. The van der Waals surface area contributed by atoms with E-state index in [0.717, 1.165) is 0 Å². The highest BCUT2D eigenvalue weighted by molar-refractivity contribution is 5.85. The van der Waals surface area contributed by atoms with Crippen LogP contribution in [0.5, 0.6) is 0 Å². The highest BCUT2D eigenvalue weighted by Crippen LogP contribution is 2.31. The van der Waals surface area contributed by atoms with E-state index in [1.165, 1.54) is 0 Å². The summed E-state index contributed by atoms with van der Waals surface area (Å²) in [6.07, 6.45) is 5.47. The molecule has 1 fully saturated rings. The van der Waals surface area contributed by atoms with Crippen LogP contribution in [0.25, 0.3) is 16.8 Å². The zero-order valence-corrected chi connectivity index (χ0v) is 10.5. The maximum atomic E-state index is 10.1. The molecule has 3 aromatic rings. The lowest BCUT2D eigenvalue weighted by atomic mass is 10.2. The molecule has 4 rings (SSSR count). The third-order valence-corrected chi connectivity index (χ3v) is 3.60. The van der Waals surface area contributed by atoms with Crippen molar-refractivity contribution in [2.75, 3.05) is 6.61 Å². The van der Waals surface area contributed by atoms with Crippen molar-refractivity contribution in [3.05, 3.63) is 25.0 Å². The minimum atomic E-state index is -0.692. The van der Waals surface area contributed by atoms with Crippen molar-refractivity contribution in [1.29, 1.82) is 0 Å². The summed E-state index contributed by atoms with van der Waals surface area (Å²) in [5.41, 5.74) is 1.96. The van der Waals surface area contributed by atoms with E-state index in [0.29, 0.717) is 23.2 Å². The topological polar surface area (TPSA) is 97.7 Å². The summed E-state index contributed by atoms with van der Waals surface area (Å²) in [6, 6.07) is 0. The van der Waals surface area contributed by atoms with Gasteiger partial charge in [-0.15, -0.1) is 0 Å². The molecule has 104 valence electrons. The van der Waals surface area contributed by atoms with Gasteiger partial charge >= 0.3 is 0 Å². The third kappa shape index (κ3) is 1.56. The van der Waals surface area contributed by atoms with E-state index < -0.39 is 12.3 Å². The van der Waals surface area contributed by atoms with Gasteiger partial charge in [0.15, 0.2) is 23.0 Å². The van der Waals surface area contributed by atoms with Crippen molar-refractivity contribution in [2.45, 2.75) is 24.9 Å². The average molecular weight is 275 g/mol. The molecular formula is C12H13N5O3. The standard InChI is InChI=1S/C12H13N5O3/c18-4-7-3-8(19)12(20-7)17-6-14-9-10-13-1-2-16(10)5-15-11(9)17/h1-2,5-8,12,18-19H,3-4H2/t7-,8+,12+/m0/s1. The SMILES string of the molecule is OC[C@@H]1C[C@@H](O)[C@H](n2cnc3c2ncn2ccnc32)O1. The first-order valence-electron chi connectivity index (χ1n) is 6.36. The highest BCUT2D eigenvalue weighted by atomic mass is 16.5. The molecule has 2 N–H and O–H groups in total. The Hall–Kier alpha value is -2.03. The Morgan fingerprint density at radius 1 is 1.25 bits per heavy atom. The van der Waals surface area contributed by atoms with E-state index in [1.807, 2.05) is 0 Å². The Bertz CT molecular complexity index is 767. The Kier molecular flexibility index (Phi) is 2.49. The van der Waals surface area contributed by atoms with Gasteiger partial charge in [-0.2, -0.15) is 0 Å². The molecule has 0 amide bonds. The first-order valence-corrected chi connectivity index (χ1v) is 6.36. The number of aromatic nitrogens is 5. The first-order chi connectivity index (χ1) is 9.78. The van der Waals surface area contributed by atoms with E-state index in [1.54, 1.807) is 34.0 Å². The van der Waals surface area contributed by atoms with Gasteiger partial charge in [0.25, 0.3) is 0 Å². The fraction of sp³-hybridized carbons (Fsp3) is 0.417. The lowest BCUT2D eigenvalue weighted by Gasteiger charge is -2.16. The summed E-state index contributed by atoms with van der Waals surface area (Å²) in [5, 5.41) is 19.2. The van der Waals surface area contributed by atoms with Gasteiger partial charge in [-0.1, -0.05) is 0 Å². The number of hydrogen-bond donors (Lipinski definition) is 2. The second kappa shape index (κ2) is 4.23. The Morgan fingerprint density at radius 3 is 2.95 bits per heavy atom. The van der Waals surface area contributed by atoms with Crippen molar-refractivity contribution in [3.63, 3.8) is 0 Å². The van der Waals surface area contributed by atoms with Gasteiger partial charge in [0.2, 0.25) is 0 Å². The normalized spacial score (nSPS) is 26.8. The smallest absolute Gasteiger partial charge is 0.167 e. The minimum Gasteiger partial charge on any atom is -0.394 e. The zero-order valence-electron chi connectivity index (χ0n) is 10.5. The molecule has 1 saturated heterocycles. The molecule has 0 bridgehead atoms. The molecule has 3 atom stereocenters. The molecule has 1 aliphatic heterocycles. The molecule has 8 heteroatoms. The molecule has 1 aliphatic rings. The number of rotatable bonds is 2. The minimum absolute atomic E-state index is 0.113. The number of aliphatic hydroxyl groups is 2. The quantitative estimate of drug-likeness (QED) is 0.667. The van der Waals surface area contributed by atoms with Crippen molar-refractivity contribution < 1.29 is 14.9 Å². The van der Waals surface area contributed by atoms with Gasteiger partial charge in [-0.05, 0) is 0 Å². The zero-order chi connectivity index (χ0) is 13.7. The van der Waals surface area contributed by atoms with Crippen LogP contribution in [0.4, 0.5) is 0 Å². The molecule has 8 nitrogen and oxygen atoms in total. The largest absolute Gasteiger partial charge is 0.394 e. The number of hydrogen-bond acceptors (Lipinski definition) is 6. The number of ether oxygens (including phenoxy) is 1. The molecule has 0 radical (unpaired) electrons. The lowest BCUT2D eigenvalue weighted by molar-refractivity contribution is -0.0486. The third-order valence-electron chi connectivity index (χ3n) is 3.60. The van der Waals surface area contributed by atoms with Gasteiger partial charge in [0.05, 0.1) is 19.0 Å². The predicted molar refractivity (Wildman–Crippen MR) is 67.9 cm³/mol. The van der Waals surface area contributed by atoms with E-state index >= 15 is 0 Å². The first kappa shape index (κ1) is 11.8. The van der Waals surface area contributed by atoms with Crippen molar-refractivity contribution >= 4 is 16.8 Å². The summed E-state index contributed by atoms with van der Waals surface area (Å²) < 4.78 is 9.09. The molecular weight excluding hydrogens is 262 g/mol. The number of nitrogens with zero attached hydrogens (tertiary/aromatic N) is 5. The van der Waals surface area contributed by atoms with Crippen LogP contribution in [0.2, 0.25) is 0 Å². The van der Waals surface area contributed by atoms with Gasteiger partial charge in [0, 0.05) is 18.8 Å². The van der Waals surface area contributed by atoms with Crippen molar-refractivity contribution in [3.8, 4) is 0 Å². The molecule has 0 spiro atoms. The molecule has 4 heterocycles. The second-order valence-electron chi connectivity index (χ2n) is 4.86. The predicted octanol–water partition coefficient (Wildman–Crippen LogP) is -0.280. The molecule has 0 aromatic carbocycles. The van der Waals surface area contributed by atoms with E-state index in [2.05, 4.69) is 15.0 Å². The van der Waals surface area contributed by atoms with Crippen molar-refractivity contribution in [1.82, 2.24) is 23.9 Å². The second-order valence-corrected chi connectivity index (χ2v) is 4.86. The Morgan fingerprint density at radius 2 is 2.15 bits per heavy atom. The van der Waals surface area contributed by atoms with Crippen LogP contribution in [0, 0.1) is 0 Å². The van der Waals surface area contributed by atoms with Gasteiger partial charge < -0.3 is 14.9 Å². The van der Waals surface area contributed by atoms with Crippen LogP contribution in [-0.2, 0) is 4.74 Å². The summed E-state index contributed by atoms with van der Waals surface area (Å²) in [5.74, 6) is 0. The van der Waals surface area contributed by atoms with Gasteiger partial charge in [-0.25, -0.2) is 15.0 Å². The summed E-state index contributed by atoms with van der Waals surface area (Å²) in [6.45, 7) is -0.113. The average Bonchev–Trinajstić information content (AvgIpc) is 3.13. The lowest BCUT2D eigenvalue weighted by Crippen LogP contribution is -2.19. The molecule has 20 heavy (non-hydrogen) atoms. The van der Waals surface area contributed by atoms with Gasteiger partial charge in [0.1, 0.15) is 12.4 Å². The molecule has 0 unspecified atom stereocenters. The monoisotopic (exact) mass is 275 g/mol. The van der Waals surface area contributed by atoms with Crippen LogP contribution in [-0.4, -0.2) is 52.9 Å². The Labute approximate surface area is 113 Å². The van der Waals surface area contributed by atoms with E-state index in [4.69, 9.17) is 9.84 Å². The molecule has 0 aliphatic carbocycles. The van der Waals surface area contributed by atoms with E-state index in [9.17, 15) is 5.11 Å². The Balaban J connectivity index is 1.84. The maximum Gasteiger partial charge on any atom is 0.167 e. The number of aliphatic hydroxyl groups excluding tert-OH is 2. The highest BCUT2D eigenvalue weighted by Gasteiger charge is 2.35. The number of fused-ring (bicyclic) bond motifs is 3. The van der Waals surface area contributed by atoms with Crippen LogP contribution in [0.15, 0.2) is 25.0 Å². The maximum absolute atomic E-state index is 10.1.